The molecule has 0 bridgehead atoms. The summed E-state index contributed by atoms with van der Waals surface area (Å²) in [4.78, 5) is 18.0. The molecule has 0 aliphatic carbocycles. The number of halogens is 2. The van der Waals surface area contributed by atoms with Crippen molar-refractivity contribution in [2.24, 2.45) is 0 Å². The van der Waals surface area contributed by atoms with E-state index in [1.807, 2.05) is 23.1 Å². The van der Waals surface area contributed by atoms with Crippen molar-refractivity contribution in [2.75, 3.05) is 6.54 Å². The Hall–Kier alpha value is -1.62. The molecular weight excluding hydrogens is 347 g/mol. The Kier molecular flexibility index (Phi) is 5.39. The molecule has 0 amide bonds. The van der Waals surface area contributed by atoms with E-state index in [-0.39, 0.29) is 6.04 Å². The van der Waals surface area contributed by atoms with Gasteiger partial charge in [0, 0.05) is 22.4 Å². The summed E-state index contributed by atoms with van der Waals surface area (Å²) >= 11 is 12.5. The van der Waals surface area contributed by atoms with Gasteiger partial charge in [-0.2, -0.15) is 0 Å². The number of rotatable bonds is 4. The highest BCUT2D eigenvalue weighted by Gasteiger charge is 2.35. The Bertz CT molecular complexity index is 724. The molecule has 4 nitrogen and oxygen atoms in total. The van der Waals surface area contributed by atoms with E-state index in [2.05, 4.69) is 4.98 Å². The maximum absolute atomic E-state index is 11.8. The van der Waals surface area contributed by atoms with Gasteiger partial charge in [0.2, 0.25) is 0 Å². The Labute approximate surface area is 151 Å². The third-order valence-electron chi connectivity index (χ3n) is 4.42. The van der Waals surface area contributed by atoms with Crippen LogP contribution in [0.15, 0.2) is 42.7 Å². The van der Waals surface area contributed by atoms with Gasteiger partial charge < -0.3 is 5.11 Å². The van der Waals surface area contributed by atoms with Gasteiger partial charge in [-0.1, -0.05) is 41.8 Å². The molecule has 2 heterocycles. The number of hydrogen-bond acceptors (Lipinski definition) is 3. The van der Waals surface area contributed by atoms with Gasteiger partial charge in [0.15, 0.2) is 0 Å². The van der Waals surface area contributed by atoms with Crippen molar-refractivity contribution in [1.82, 2.24) is 9.88 Å². The minimum atomic E-state index is -0.798. The van der Waals surface area contributed by atoms with Crippen molar-refractivity contribution >= 4 is 29.2 Å². The summed E-state index contributed by atoms with van der Waals surface area (Å²) in [6.45, 7) is 0.704. The molecule has 3 rings (SSSR count). The summed E-state index contributed by atoms with van der Waals surface area (Å²) in [6.07, 6.45) is 5.99. The summed E-state index contributed by atoms with van der Waals surface area (Å²) in [5, 5.41) is 10.7. The second-order valence-electron chi connectivity index (χ2n) is 5.94. The van der Waals surface area contributed by atoms with Gasteiger partial charge in [0.1, 0.15) is 6.04 Å². The van der Waals surface area contributed by atoms with Crippen molar-refractivity contribution in [1.29, 1.82) is 0 Å². The van der Waals surface area contributed by atoms with E-state index in [0.29, 0.717) is 23.0 Å². The fraction of sp³-hybridized carbons (Fsp3) is 0.333. The molecule has 1 aromatic heterocycles. The first-order chi connectivity index (χ1) is 11.6. The predicted molar refractivity (Wildman–Crippen MR) is 94.5 cm³/mol. The zero-order chi connectivity index (χ0) is 17.1. The molecule has 1 aliphatic rings. The molecule has 1 N–H and O–H groups in total. The second-order valence-corrected chi connectivity index (χ2v) is 6.79. The Morgan fingerprint density at radius 3 is 2.79 bits per heavy atom. The second kappa shape index (κ2) is 7.51. The number of benzene rings is 1. The Morgan fingerprint density at radius 2 is 2.12 bits per heavy atom. The number of carboxylic acid groups (broad SMARTS) is 1. The van der Waals surface area contributed by atoms with Gasteiger partial charge in [-0.05, 0) is 48.7 Å². The molecule has 24 heavy (non-hydrogen) atoms. The summed E-state index contributed by atoms with van der Waals surface area (Å²) in [5.74, 6) is -0.798. The largest absolute Gasteiger partial charge is 0.480 e. The van der Waals surface area contributed by atoms with Gasteiger partial charge in [-0.25, -0.2) is 0 Å². The molecule has 1 saturated heterocycles. The topological polar surface area (TPSA) is 53.4 Å². The molecule has 0 spiro atoms. The standard InChI is InChI=1S/C18H18Cl2N2O2/c19-13-6-7-14(15(20)10-13)17(12-4-3-8-21-11-12)22-9-2-1-5-16(22)18(23)24/h3-4,6-8,10-11,16-17H,1-2,5,9H2,(H,23,24). The van der Waals surface area contributed by atoms with Crippen LogP contribution >= 0.6 is 23.2 Å². The molecular formula is C18H18Cl2N2O2. The number of carbonyl (C=O) groups is 1. The first-order valence-electron chi connectivity index (χ1n) is 7.91. The Morgan fingerprint density at radius 1 is 1.29 bits per heavy atom. The van der Waals surface area contributed by atoms with Crippen LogP contribution in [0.3, 0.4) is 0 Å². The molecule has 126 valence electrons. The van der Waals surface area contributed by atoms with E-state index in [0.717, 1.165) is 24.0 Å². The third kappa shape index (κ3) is 3.56. The number of likely N-dealkylation sites (tertiary alicyclic amines) is 1. The van der Waals surface area contributed by atoms with Crippen molar-refractivity contribution in [3.05, 3.63) is 63.9 Å². The molecule has 2 aromatic rings. The van der Waals surface area contributed by atoms with Gasteiger partial charge in [-0.3, -0.25) is 14.7 Å². The van der Waals surface area contributed by atoms with Crippen LogP contribution in [0.4, 0.5) is 0 Å². The number of aromatic nitrogens is 1. The quantitative estimate of drug-likeness (QED) is 0.872. The first-order valence-corrected chi connectivity index (χ1v) is 8.67. The SMILES string of the molecule is O=C(O)C1CCCCN1C(c1cccnc1)c1ccc(Cl)cc1Cl. The van der Waals surface area contributed by atoms with Gasteiger partial charge in [-0.15, -0.1) is 0 Å². The number of pyridine rings is 1. The van der Waals surface area contributed by atoms with Crippen molar-refractivity contribution < 1.29 is 9.90 Å². The van der Waals surface area contributed by atoms with Crippen LogP contribution in [0.2, 0.25) is 10.0 Å². The Balaban J connectivity index is 2.10. The molecule has 1 aromatic carbocycles. The lowest BCUT2D eigenvalue weighted by atomic mass is 9.92. The molecule has 0 saturated carbocycles. The summed E-state index contributed by atoms with van der Waals surface area (Å²) in [6, 6.07) is 8.37. The lowest BCUT2D eigenvalue weighted by Crippen LogP contribution is -2.46. The van der Waals surface area contributed by atoms with Crippen LogP contribution in [-0.2, 0) is 4.79 Å². The van der Waals surface area contributed by atoms with Crippen molar-refractivity contribution in [3.63, 3.8) is 0 Å². The maximum atomic E-state index is 11.8. The van der Waals surface area contributed by atoms with E-state index in [1.165, 1.54) is 0 Å². The van der Waals surface area contributed by atoms with Gasteiger partial charge in [0.05, 0.1) is 6.04 Å². The zero-order valence-corrected chi connectivity index (χ0v) is 14.5. The smallest absolute Gasteiger partial charge is 0.320 e. The molecule has 1 fully saturated rings. The first kappa shape index (κ1) is 17.2. The average Bonchev–Trinajstić information content (AvgIpc) is 2.58. The van der Waals surface area contributed by atoms with E-state index in [4.69, 9.17) is 23.2 Å². The molecule has 1 aliphatic heterocycles. The minimum absolute atomic E-state index is 0.259. The van der Waals surface area contributed by atoms with E-state index >= 15 is 0 Å². The third-order valence-corrected chi connectivity index (χ3v) is 4.98. The predicted octanol–water partition coefficient (Wildman–Crippen LogP) is 4.42. The number of nitrogens with zero attached hydrogens (tertiary/aromatic N) is 2. The molecule has 2 unspecified atom stereocenters. The van der Waals surface area contributed by atoms with Crippen molar-refractivity contribution in [3.8, 4) is 0 Å². The summed E-state index contributed by atoms with van der Waals surface area (Å²) in [7, 11) is 0. The average molecular weight is 365 g/mol. The van der Waals surface area contributed by atoms with E-state index in [1.54, 1.807) is 24.5 Å². The van der Waals surface area contributed by atoms with Crippen molar-refractivity contribution in [2.45, 2.75) is 31.3 Å². The van der Waals surface area contributed by atoms with E-state index in [9.17, 15) is 9.90 Å². The zero-order valence-electron chi connectivity index (χ0n) is 13.0. The highest BCUT2D eigenvalue weighted by Crippen LogP contribution is 2.37. The highest BCUT2D eigenvalue weighted by molar-refractivity contribution is 6.35. The molecule has 0 radical (unpaired) electrons. The van der Waals surface area contributed by atoms with Crippen LogP contribution in [0.1, 0.15) is 36.4 Å². The van der Waals surface area contributed by atoms with Gasteiger partial charge >= 0.3 is 5.97 Å². The summed E-state index contributed by atoms with van der Waals surface area (Å²) < 4.78 is 0. The molecule has 6 heteroatoms. The minimum Gasteiger partial charge on any atom is -0.480 e. The van der Waals surface area contributed by atoms with Crippen LogP contribution in [0.5, 0.6) is 0 Å². The van der Waals surface area contributed by atoms with E-state index < -0.39 is 12.0 Å². The van der Waals surface area contributed by atoms with Crippen LogP contribution < -0.4 is 0 Å². The van der Waals surface area contributed by atoms with Gasteiger partial charge in [0.25, 0.3) is 0 Å². The lowest BCUT2D eigenvalue weighted by molar-refractivity contribution is -0.145. The summed E-state index contributed by atoms with van der Waals surface area (Å²) in [5.41, 5.74) is 1.78. The fourth-order valence-corrected chi connectivity index (χ4v) is 3.85. The maximum Gasteiger partial charge on any atom is 0.320 e. The lowest BCUT2D eigenvalue weighted by Gasteiger charge is -2.39. The number of carboxylic acids is 1. The van der Waals surface area contributed by atoms with Crippen LogP contribution in [0, 0.1) is 0 Å². The highest BCUT2D eigenvalue weighted by atomic mass is 35.5. The number of hydrogen-bond donors (Lipinski definition) is 1. The normalized spacial score (nSPS) is 19.8. The fourth-order valence-electron chi connectivity index (χ4n) is 3.34. The van der Waals surface area contributed by atoms with Crippen LogP contribution in [-0.4, -0.2) is 33.5 Å². The number of piperidine rings is 1. The molecule has 2 atom stereocenters. The number of aliphatic carboxylic acids is 1. The monoisotopic (exact) mass is 364 g/mol. The van der Waals surface area contributed by atoms with Crippen LogP contribution in [0.25, 0.3) is 0 Å².